The van der Waals surface area contributed by atoms with Crippen LogP contribution in [0.5, 0.6) is 11.5 Å². The SMILES string of the molecule is O=C(OCc1ccccc1)C1(C(=O)OCc2ccccc2)Oc2cc3c(cc2-c2sc(N=c4c(=O)c5cc6ccccc6cc5c4=O)nc21)OC(C(=O)OCc1ccccc1)(C(=O)OCc1ccccc1)c1nc(N=c2c(=O)c4cc5ccccc5cc4c2=O)sc1-3. The molecule has 2 aliphatic rings. The molecular weight excluding hydrogens is 1210 g/mol. The second-order valence-corrected chi connectivity index (χ2v) is 23.7. The molecule has 0 aliphatic carbocycles. The fourth-order valence-corrected chi connectivity index (χ4v) is 13.5. The van der Waals surface area contributed by atoms with Crippen LogP contribution in [0.25, 0.3) is 64.0 Å². The van der Waals surface area contributed by atoms with E-state index in [1.54, 1.807) is 194 Å². The maximum absolute atomic E-state index is 15.4. The minimum atomic E-state index is -2.93. The highest BCUT2D eigenvalue weighted by Crippen LogP contribution is 2.58. The molecule has 0 N–H and O–H groups in total. The van der Waals surface area contributed by atoms with Crippen LogP contribution in [0.2, 0.25) is 0 Å². The summed E-state index contributed by atoms with van der Waals surface area (Å²) in [5, 5.41) is 1.71. The molecule has 18 nitrogen and oxygen atoms in total. The van der Waals surface area contributed by atoms with Crippen LogP contribution >= 0.6 is 22.7 Å². The molecular formula is C72H42N4O14S2. The average Bonchev–Trinajstić information content (AvgIpc) is 1.32. The first-order valence-corrected chi connectivity index (χ1v) is 30.3. The van der Waals surface area contributed by atoms with Crippen molar-refractivity contribution in [3.8, 4) is 32.4 Å². The minimum absolute atomic E-state index is 0.0111. The Hall–Kier alpha value is -11.7. The third kappa shape index (κ3) is 9.63. The highest BCUT2D eigenvalue weighted by atomic mass is 32.1. The highest BCUT2D eigenvalue weighted by molar-refractivity contribution is 7.19. The predicted octanol–water partition coefficient (Wildman–Crippen LogP) is 10.4. The van der Waals surface area contributed by atoms with Gasteiger partial charge in [0.15, 0.2) is 10.7 Å². The van der Waals surface area contributed by atoms with E-state index in [0.717, 1.165) is 22.7 Å². The van der Waals surface area contributed by atoms with Crippen LogP contribution < -0.4 is 41.9 Å². The first kappa shape index (κ1) is 56.7. The second-order valence-electron chi connectivity index (χ2n) is 21.7. The van der Waals surface area contributed by atoms with Gasteiger partial charge in [0.2, 0.25) is 32.0 Å². The van der Waals surface area contributed by atoms with Crippen molar-refractivity contribution >= 4 is 99.9 Å². The Balaban J connectivity index is 0.956. The fraction of sp³-hybridized carbons (Fsp3) is 0.0833. The quantitative estimate of drug-likeness (QED) is 0.0558. The number of rotatable bonds is 14. The summed E-state index contributed by atoms with van der Waals surface area (Å²) in [5.74, 6) is -5.57. The minimum Gasteiger partial charge on any atom is -0.458 e. The van der Waals surface area contributed by atoms with Gasteiger partial charge in [-0.15, -0.1) is 0 Å². The van der Waals surface area contributed by atoms with Gasteiger partial charge in [-0.25, -0.2) is 39.1 Å². The number of esters is 4. The number of nitrogens with zero attached hydrogens (tertiary/aromatic N) is 4. The van der Waals surface area contributed by atoms with Gasteiger partial charge in [-0.05, 0) is 80.2 Å². The molecule has 2 aromatic heterocycles. The molecule has 4 heterocycles. The standard InChI is InChI=1S/C72H42N4O14S2/c77-57-47-29-43-25-13-14-26-44(43)30-48(47)58(78)55(57)73-69-75-63-61(91-69)51-34-54-52(33-53(51)89-71(63,65(81)85-35-39-17-5-1-6-18-39)66(82)86-36-40-19-7-2-8-20-40)62-64(76-70(92-62)74-56-59(79)49-31-45-27-15-16-28-46(45)32-50(49)60(56)80)72(90-54,67(83)87-37-41-21-9-3-10-22-41)68(84)88-38-42-23-11-4-12-24-42/h1-34H,35-38H2. The normalized spacial score (nSPS) is 13.2. The van der Waals surface area contributed by atoms with E-state index in [9.17, 15) is 19.2 Å². The summed E-state index contributed by atoms with van der Waals surface area (Å²) in [6.45, 7) is -1.46. The zero-order chi connectivity index (χ0) is 62.8. The van der Waals surface area contributed by atoms with Crippen molar-refractivity contribution in [3.63, 3.8) is 0 Å². The van der Waals surface area contributed by atoms with Crippen LogP contribution in [-0.2, 0) is 75.8 Å². The Morgan fingerprint density at radius 3 is 0.902 bits per heavy atom. The van der Waals surface area contributed by atoms with E-state index < -0.39 is 78.9 Å². The van der Waals surface area contributed by atoms with Gasteiger partial charge >= 0.3 is 35.1 Å². The second kappa shape index (κ2) is 22.7. The third-order valence-electron chi connectivity index (χ3n) is 16.0. The molecule has 0 saturated carbocycles. The summed E-state index contributed by atoms with van der Waals surface area (Å²) in [4.78, 5) is 138. The summed E-state index contributed by atoms with van der Waals surface area (Å²) in [5.41, 5.74) is -7.27. The number of aromatic nitrogens is 2. The largest absolute Gasteiger partial charge is 0.458 e. The van der Waals surface area contributed by atoms with Gasteiger partial charge in [-0.1, -0.05) is 193 Å². The number of fused-ring (bicyclic) bond motifs is 10. The monoisotopic (exact) mass is 1250 g/mol. The van der Waals surface area contributed by atoms with Crippen LogP contribution in [0.4, 0.5) is 10.3 Å². The Morgan fingerprint density at radius 1 is 0.370 bits per heavy atom. The van der Waals surface area contributed by atoms with E-state index in [2.05, 4.69) is 9.98 Å². The molecule has 92 heavy (non-hydrogen) atoms. The number of carbonyl (C=O) groups excluding carboxylic acids is 4. The van der Waals surface area contributed by atoms with E-state index in [-0.39, 0.29) is 90.6 Å². The highest BCUT2D eigenvalue weighted by Gasteiger charge is 2.63. The zero-order valence-corrected chi connectivity index (χ0v) is 49.4. The van der Waals surface area contributed by atoms with Gasteiger partial charge in [0.1, 0.15) is 49.3 Å². The molecule has 20 heteroatoms. The lowest BCUT2D eigenvalue weighted by atomic mass is 9.89. The maximum atomic E-state index is 15.4. The molecule has 0 atom stereocenters. The predicted molar refractivity (Wildman–Crippen MR) is 341 cm³/mol. The Morgan fingerprint density at radius 2 is 0.630 bits per heavy atom. The van der Waals surface area contributed by atoms with Crippen LogP contribution in [0.15, 0.2) is 235 Å². The molecule has 0 radical (unpaired) electrons. The van der Waals surface area contributed by atoms with Crippen molar-refractivity contribution in [2.75, 3.05) is 0 Å². The van der Waals surface area contributed by atoms with Gasteiger partial charge in [-0.2, -0.15) is 0 Å². The first-order valence-electron chi connectivity index (χ1n) is 28.7. The Labute approximate surface area is 526 Å². The number of carbonyl (C=O) groups is 4. The van der Waals surface area contributed by atoms with E-state index in [1.807, 2.05) is 0 Å². The molecule has 446 valence electrons. The van der Waals surface area contributed by atoms with Gasteiger partial charge in [0.25, 0.3) is 0 Å². The molecule has 0 saturated heterocycles. The summed E-state index contributed by atoms with van der Waals surface area (Å²) in [6, 6.07) is 58.2. The van der Waals surface area contributed by atoms with Crippen LogP contribution in [-0.4, -0.2) is 33.8 Å². The number of ether oxygens (including phenoxy) is 6. The van der Waals surface area contributed by atoms with Crippen LogP contribution in [0.3, 0.4) is 0 Å². The van der Waals surface area contributed by atoms with Crippen molar-refractivity contribution in [1.82, 2.24) is 9.97 Å². The number of thiazole rings is 2. The Kier molecular flexibility index (Phi) is 14.0. The summed E-state index contributed by atoms with van der Waals surface area (Å²) in [7, 11) is 0. The summed E-state index contributed by atoms with van der Waals surface area (Å²) >= 11 is 1.53. The van der Waals surface area contributed by atoms with Gasteiger partial charge in [0.05, 0.1) is 9.75 Å². The lowest BCUT2D eigenvalue weighted by Crippen LogP contribution is -2.53. The smallest absolute Gasteiger partial charge is 0.369 e. The molecule has 2 aliphatic heterocycles. The summed E-state index contributed by atoms with van der Waals surface area (Å²) in [6.07, 6.45) is 0. The molecule has 0 unspecified atom stereocenters. The lowest BCUT2D eigenvalue weighted by Gasteiger charge is -2.36. The van der Waals surface area contributed by atoms with Crippen molar-refractivity contribution in [2.45, 2.75) is 37.6 Å². The zero-order valence-electron chi connectivity index (χ0n) is 47.8. The average molecular weight is 1250 g/mol. The molecule has 11 aromatic carbocycles. The van der Waals surface area contributed by atoms with Crippen molar-refractivity contribution < 1.29 is 47.6 Å². The lowest BCUT2D eigenvalue weighted by molar-refractivity contribution is -0.185. The van der Waals surface area contributed by atoms with Crippen LogP contribution in [0.1, 0.15) is 33.6 Å². The maximum Gasteiger partial charge on any atom is 0.369 e. The van der Waals surface area contributed by atoms with Gasteiger partial charge in [0, 0.05) is 32.7 Å². The van der Waals surface area contributed by atoms with Gasteiger partial charge in [-0.3, -0.25) is 19.2 Å². The summed E-state index contributed by atoms with van der Waals surface area (Å²) < 4.78 is 37.7. The molecule has 0 fully saturated rings. The van der Waals surface area contributed by atoms with Crippen molar-refractivity contribution in [3.05, 3.63) is 292 Å². The molecule has 15 rings (SSSR count). The van der Waals surface area contributed by atoms with Crippen LogP contribution in [0, 0.1) is 0 Å². The van der Waals surface area contributed by atoms with E-state index >= 15 is 19.2 Å². The topological polar surface area (TPSA) is 242 Å². The fourth-order valence-electron chi connectivity index (χ4n) is 11.4. The first-order chi connectivity index (χ1) is 44.8. The van der Waals surface area contributed by atoms with E-state index in [1.165, 1.54) is 12.1 Å². The molecule has 0 spiro atoms. The Bertz CT molecular complexity index is 4970. The van der Waals surface area contributed by atoms with Crippen molar-refractivity contribution in [1.29, 1.82) is 0 Å². The molecule has 13 aromatic rings. The van der Waals surface area contributed by atoms with Crippen molar-refractivity contribution in [2.24, 2.45) is 9.98 Å². The van der Waals surface area contributed by atoms with E-state index in [0.29, 0.717) is 43.8 Å². The third-order valence-corrected chi connectivity index (χ3v) is 18.0. The number of hydrogen-bond acceptors (Lipinski definition) is 20. The molecule has 0 amide bonds. The van der Waals surface area contributed by atoms with E-state index in [4.69, 9.17) is 38.4 Å². The van der Waals surface area contributed by atoms with Gasteiger partial charge < -0.3 is 28.4 Å². The molecule has 0 bridgehead atoms. The number of hydrogen-bond donors (Lipinski definition) is 0. The number of benzene rings is 9.